The van der Waals surface area contributed by atoms with Gasteiger partial charge in [-0.1, -0.05) is 65.7 Å². The molecule has 0 saturated carbocycles. The summed E-state index contributed by atoms with van der Waals surface area (Å²) in [5.74, 6) is 6.79. The summed E-state index contributed by atoms with van der Waals surface area (Å²) in [6.45, 7) is -0.121. The van der Waals surface area contributed by atoms with E-state index >= 15 is 0 Å². The number of hydrogen-bond donors (Lipinski definition) is 0. The van der Waals surface area contributed by atoms with Gasteiger partial charge >= 0.3 is 28.1 Å². The molecule has 8 nitrogen and oxygen atoms in total. The molecule has 0 aliphatic carbocycles. The second kappa shape index (κ2) is 8.43. The van der Waals surface area contributed by atoms with Crippen molar-refractivity contribution in [3.8, 4) is 0 Å². The van der Waals surface area contributed by atoms with Crippen LogP contribution in [0.25, 0.3) is 31.8 Å². The molecule has 40 heavy (non-hydrogen) atoms. The van der Waals surface area contributed by atoms with Crippen LogP contribution in [0.15, 0.2) is 119 Å². The van der Waals surface area contributed by atoms with Gasteiger partial charge in [0.05, 0.1) is 21.3 Å². The van der Waals surface area contributed by atoms with E-state index in [0.717, 1.165) is 16.0 Å². The molecule has 0 atom stereocenters. The van der Waals surface area contributed by atoms with Gasteiger partial charge in [-0.2, -0.15) is 0 Å². The maximum absolute atomic E-state index is 4.92. The first-order chi connectivity index (χ1) is 19.8. The van der Waals surface area contributed by atoms with Gasteiger partial charge in [-0.15, -0.1) is 0 Å². The van der Waals surface area contributed by atoms with E-state index in [1.54, 1.807) is 11.3 Å². The molecule has 0 radical (unpaired) electrons. The van der Waals surface area contributed by atoms with E-state index in [2.05, 4.69) is 115 Å². The van der Waals surface area contributed by atoms with Crippen molar-refractivity contribution in [1.29, 1.82) is 0 Å². The molecule has 4 aromatic rings. The van der Waals surface area contributed by atoms with Crippen molar-refractivity contribution in [3.05, 3.63) is 115 Å². The molecule has 7 heterocycles. The number of benzene rings is 2. The molecule has 13 heteroatoms. The molecule has 5 aliphatic heterocycles. The molecule has 9 rings (SSSR count). The topological polar surface area (TPSA) is 55.0 Å². The second-order valence-corrected chi connectivity index (χ2v) is 11.2. The Hall–Kier alpha value is -4.63. The summed E-state index contributed by atoms with van der Waals surface area (Å²) in [6, 6.07) is 14.9. The largest absolute Gasteiger partial charge is 0.517 e. The molecule has 0 N–H and O–H groups in total. The summed E-state index contributed by atoms with van der Waals surface area (Å²) < 4.78 is 10.6. The highest BCUT2D eigenvalue weighted by Gasteiger charge is 2.52. The monoisotopic (exact) mass is 532 g/mol. The smallest absolute Gasteiger partial charge is 0.423 e. The van der Waals surface area contributed by atoms with Crippen molar-refractivity contribution in [2.75, 3.05) is 0 Å². The minimum Gasteiger partial charge on any atom is -0.423 e. The Balaban J connectivity index is 1.21. The van der Waals surface area contributed by atoms with E-state index in [1.807, 2.05) is 30.6 Å². The Morgan fingerprint density at radius 3 is 2.60 bits per heavy atom. The predicted octanol–water partition coefficient (Wildman–Crippen LogP) is 4.14. The molecule has 186 valence electrons. The van der Waals surface area contributed by atoms with Gasteiger partial charge in [0, 0.05) is 18.0 Å². The quantitative estimate of drug-likeness (QED) is 0.346. The average molecular weight is 532 g/mol. The highest BCUT2D eigenvalue weighted by Crippen LogP contribution is 2.38. The number of thiazole rings is 1. The first-order valence-electron chi connectivity index (χ1n) is 13.4. The van der Waals surface area contributed by atoms with Gasteiger partial charge in [-0.25, -0.2) is 10.1 Å². The first kappa shape index (κ1) is 22.2. The van der Waals surface area contributed by atoms with E-state index in [-0.39, 0.29) is 28.1 Å². The fourth-order valence-corrected chi connectivity index (χ4v) is 7.53. The van der Waals surface area contributed by atoms with Gasteiger partial charge in [0.15, 0.2) is 4.96 Å². The maximum Gasteiger partial charge on any atom is 0.517 e. The zero-order valence-corrected chi connectivity index (χ0v) is 22.2. The van der Waals surface area contributed by atoms with Crippen molar-refractivity contribution in [1.82, 2.24) is 28.4 Å². The van der Waals surface area contributed by atoms with Gasteiger partial charge in [0.1, 0.15) is 0 Å². The lowest BCUT2D eigenvalue weighted by molar-refractivity contribution is 0.560. The first-order valence-corrected chi connectivity index (χ1v) is 14.2. The van der Waals surface area contributed by atoms with Crippen molar-refractivity contribution in [2.45, 2.75) is 0 Å². The van der Waals surface area contributed by atoms with Crippen LogP contribution in [-0.4, -0.2) is 68.9 Å². The summed E-state index contributed by atoms with van der Waals surface area (Å²) >= 11 is 1.75. The fraction of sp³-hybridized carbons (Fsp3) is 0. The van der Waals surface area contributed by atoms with E-state index in [1.165, 1.54) is 21.4 Å². The molecular weight excluding hydrogens is 512 g/mol. The number of hydrazone groups is 1. The Morgan fingerprint density at radius 2 is 1.60 bits per heavy atom. The van der Waals surface area contributed by atoms with Gasteiger partial charge in [0.25, 0.3) is 0 Å². The fourth-order valence-electron chi connectivity index (χ4n) is 6.35. The molecule has 1 fully saturated rings. The molecule has 2 aromatic carbocycles. The van der Waals surface area contributed by atoms with Crippen molar-refractivity contribution < 1.29 is 0 Å². The third-order valence-corrected chi connectivity index (χ3v) is 9.20. The van der Waals surface area contributed by atoms with Crippen LogP contribution < -0.4 is 0 Å². The van der Waals surface area contributed by atoms with E-state index in [4.69, 9.17) is 15.0 Å². The van der Waals surface area contributed by atoms with Crippen LogP contribution in [0, 0.1) is 0 Å². The van der Waals surface area contributed by atoms with Gasteiger partial charge in [-0.3, -0.25) is 4.40 Å². The molecule has 0 spiro atoms. The normalized spacial score (nSPS) is 19.1. The standard InChI is InChI=1S/C27H20B4N8S/c1-2-10-24-23(9-1)34-27-38(24)25-11-5-8-22(26(25)40-27)21-12-19-36-28-13-3-4-17-35(28)29-14-6-16-33-39(29)31-32-15-7-18-37(31)30(36)20-21/h1-20H. The number of imidazole rings is 1. The Bertz CT molecular complexity index is 1920. The molecule has 5 aliphatic rings. The number of rotatable bonds is 1. The third-order valence-electron chi connectivity index (χ3n) is 8.11. The number of allylic oxidation sites excluding steroid dienone is 6. The molecular formula is C27H20B4N8S. The predicted molar refractivity (Wildman–Crippen MR) is 169 cm³/mol. The molecule has 0 unspecified atom stereocenters. The summed E-state index contributed by atoms with van der Waals surface area (Å²) in [6.07, 6.45) is 20.7. The highest BCUT2D eigenvalue weighted by molar-refractivity contribution is 7.24. The summed E-state index contributed by atoms with van der Waals surface area (Å²) in [5, 5.41) is 4.79. The number of hydrogen-bond acceptors (Lipinski definition) is 8. The number of para-hydroxylation sites is 2. The van der Waals surface area contributed by atoms with Gasteiger partial charge in [0.2, 0.25) is 0 Å². The molecule has 1 saturated heterocycles. The molecule has 0 bridgehead atoms. The number of aromatic nitrogens is 2. The van der Waals surface area contributed by atoms with Gasteiger partial charge in [-0.05, 0) is 60.6 Å². The van der Waals surface area contributed by atoms with Crippen LogP contribution in [0.2, 0.25) is 0 Å². The van der Waals surface area contributed by atoms with Crippen molar-refractivity contribution in [3.63, 3.8) is 0 Å². The summed E-state index contributed by atoms with van der Waals surface area (Å²) in [5.41, 5.74) is 5.75. The lowest BCUT2D eigenvalue weighted by Crippen LogP contribution is -2.73. The van der Waals surface area contributed by atoms with Crippen LogP contribution in [0.5, 0.6) is 0 Å². The highest BCUT2D eigenvalue weighted by atomic mass is 32.1. The Morgan fingerprint density at radius 1 is 0.725 bits per heavy atom. The second-order valence-electron chi connectivity index (χ2n) is 10.2. The van der Waals surface area contributed by atoms with E-state index in [9.17, 15) is 0 Å². The Kier molecular flexibility index (Phi) is 4.68. The van der Waals surface area contributed by atoms with Crippen LogP contribution in [0.1, 0.15) is 5.56 Å². The zero-order valence-electron chi connectivity index (χ0n) is 21.3. The lowest BCUT2D eigenvalue weighted by Gasteiger charge is -2.51. The maximum atomic E-state index is 4.92. The minimum absolute atomic E-state index is 0.0157. The third kappa shape index (κ3) is 3.09. The lowest BCUT2D eigenvalue weighted by atomic mass is 9.45. The van der Waals surface area contributed by atoms with Crippen LogP contribution in [0.3, 0.4) is 0 Å². The summed E-state index contributed by atoms with van der Waals surface area (Å²) in [7, 11) is -0.278. The summed E-state index contributed by atoms with van der Waals surface area (Å²) in [4.78, 5) is 12.9. The molecule has 2 aromatic heterocycles. The minimum atomic E-state index is -0.278. The average Bonchev–Trinajstić information content (AvgIpc) is 3.56. The number of nitrogens with zero attached hydrogens (tertiary/aromatic N) is 8. The molecule has 0 amide bonds. The SMILES string of the molecule is C1=CB2N3C=CC(c4cccc5c4sc4nc6ccccc6n45)=CB3N3C=CC=NB3N3N=CC=CB3N2C=C1. The van der Waals surface area contributed by atoms with Gasteiger partial charge < -0.3 is 23.9 Å². The van der Waals surface area contributed by atoms with Crippen LogP contribution >= 0.6 is 11.3 Å². The Labute approximate surface area is 236 Å². The van der Waals surface area contributed by atoms with E-state index in [0.29, 0.717) is 0 Å². The van der Waals surface area contributed by atoms with Crippen LogP contribution in [-0.2, 0) is 0 Å². The van der Waals surface area contributed by atoms with E-state index < -0.39 is 0 Å². The van der Waals surface area contributed by atoms with Crippen LogP contribution in [0.4, 0.5) is 0 Å². The van der Waals surface area contributed by atoms with Crippen molar-refractivity contribution >= 4 is 83.6 Å². The number of fused-ring (bicyclic) bond motifs is 13. The van der Waals surface area contributed by atoms with Crippen molar-refractivity contribution in [2.24, 2.45) is 10.0 Å². The zero-order chi connectivity index (χ0) is 26.2.